The maximum Gasteiger partial charge on any atom is 0.247 e. The summed E-state index contributed by atoms with van der Waals surface area (Å²) in [5.41, 5.74) is 0. The van der Waals surface area contributed by atoms with Crippen molar-refractivity contribution in [2.75, 3.05) is 6.26 Å². The van der Waals surface area contributed by atoms with Crippen LogP contribution in [0.1, 0.15) is 9.80 Å². The van der Waals surface area contributed by atoms with Crippen molar-refractivity contribution in [1.82, 2.24) is 4.98 Å². The van der Waals surface area contributed by atoms with Crippen molar-refractivity contribution in [1.29, 1.82) is 0 Å². The molecule has 0 amide bonds. The molecule has 0 fully saturated rings. The summed E-state index contributed by atoms with van der Waals surface area (Å²) < 4.78 is 0. The summed E-state index contributed by atoms with van der Waals surface area (Å²) in [4.78, 5) is 14.6. The summed E-state index contributed by atoms with van der Waals surface area (Å²) in [6, 6.07) is 0. The third-order valence-electron chi connectivity index (χ3n) is 0.792. The number of thiazole rings is 1. The van der Waals surface area contributed by atoms with Gasteiger partial charge in [0.1, 0.15) is 0 Å². The molecule has 0 saturated carbocycles. The highest BCUT2D eigenvalue weighted by Gasteiger charge is 2.03. The molecule has 2 nitrogen and oxygen atoms in total. The van der Waals surface area contributed by atoms with E-state index in [-0.39, 0.29) is 5.12 Å². The first-order valence-corrected chi connectivity index (χ1v) is 4.43. The van der Waals surface area contributed by atoms with Crippen LogP contribution in [0.4, 0.5) is 0 Å². The number of hydrogen-bond acceptors (Lipinski definition) is 4. The Balaban J connectivity index is 2.77. The topological polar surface area (TPSA) is 30.0 Å². The standard InChI is InChI=1S/C5H5NOS2/c1-8-5(7)4-6-2-3-9-4/h2-3H,1H3. The van der Waals surface area contributed by atoms with Crippen LogP contribution in [0.15, 0.2) is 11.6 Å². The van der Waals surface area contributed by atoms with Gasteiger partial charge in [0.05, 0.1) is 0 Å². The highest BCUT2D eigenvalue weighted by atomic mass is 32.2. The predicted molar refractivity (Wildman–Crippen MR) is 40.0 cm³/mol. The van der Waals surface area contributed by atoms with Gasteiger partial charge < -0.3 is 0 Å². The molecule has 4 heteroatoms. The second-order valence-corrected chi connectivity index (χ2v) is 3.00. The van der Waals surface area contributed by atoms with Crippen molar-refractivity contribution in [2.45, 2.75) is 0 Å². The predicted octanol–water partition coefficient (Wildman–Crippen LogP) is 1.65. The van der Waals surface area contributed by atoms with Crippen LogP contribution in [0.3, 0.4) is 0 Å². The van der Waals surface area contributed by atoms with Crippen LogP contribution in [-0.2, 0) is 0 Å². The quantitative estimate of drug-likeness (QED) is 0.624. The molecule has 0 aliphatic heterocycles. The molecule has 0 aliphatic rings. The van der Waals surface area contributed by atoms with Gasteiger partial charge in [-0.15, -0.1) is 11.3 Å². The van der Waals surface area contributed by atoms with Crippen molar-refractivity contribution in [2.24, 2.45) is 0 Å². The molecule has 0 unspecified atom stereocenters. The van der Waals surface area contributed by atoms with Crippen LogP contribution in [-0.4, -0.2) is 16.4 Å². The number of nitrogens with zero attached hydrogens (tertiary/aromatic N) is 1. The van der Waals surface area contributed by atoms with E-state index in [0.29, 0.717) is 5.01 Å². The van der Waals surface area contributed by atoms with E-state index < -0.39 is 0 Å². The molecule has 0 atom stereocenters. The molecule has 0 radical (unpaired) electrons. The first kappa shape index (κ1) is 6.77. The number of thioether (sulfide) groups is 1. The minimum absolute atomic E-state index is 0.0463. The smallest absolute Gasteiger partial charge is 0.247 e. The monoisotopic (exact) mass is 159 g/mol. The molecule has 1 aromatic rings. The molecule has 0 saturated heterocycles. The third-order valence-corrected chi connectivity index (χ3v) is 2.26. The van der Waals surface area contributed by atoms with E-state index in [1.54, 1.807) is 17.8 Å². The minimum Gasteiger partial charge on any atom is -0.279 e. The lowest BCUT2D eigenvalue weighted by Gasteiger charge is -1.84. The summed E-state index contributed by atoms with van der Waals surface area (Å²) in [5.74, 6) is 0. The molecule has 0 aromatic carbocycles. The van der Waals surface area contributed by atoms with Crippen molar-refractivity contribution >= 4 is 28.2 Å². The van der Waals surface area contributed by atoms with E-state index in [9.17, 15) is 4.79 Å². The molecular formula is C5H5NOS2. The second-order valence-electron chi connectivity index (χ2n) is 1.33. The van der Waals surface area contributed by atoms with Crippen LogP contribution < -0.4 is 0 Å². The Hall–Kier alpha value is -0.350. The second kappa shape index (κ2) is 2.98. The number of aromatic nitrogens is 1. The van der Waals surface area contributed by atoms with Gasteiger partial charge in [0.15, 0.2) is 5.01 Å². The van der Waals surface area contributed by atoms with Crippen LogP contribution >= 0.6 is 23.1 Å². The SMILES string of the molecule is CSC(=O)c1nccs1. The van der Waals surface area contributed by atoms with E-state index in [1.165, 1.54) is 23.1 Å². The Bertz CT molecular complexity index is 195. The van der Waals surface area contributed by atoms with Crippen molar-refractivity contribution in [3.63, 3.8) is 0 Å². The fourth-order valence-electron chi connectivity index (χ4n) is 0.412. The molecule has 0 N–H and O–H groups in total. The lowest BCUT2D eigenvalue weighted by Crippen LogP contribution is -1.88. The largest absolute Gasteiger partial charge is 0.279 e. The molecule has 0 bridgehead atoms. The van der Waals surface area contributed by atoms with Crippen LogP contribution in [0.2, 0.25) is 0 Å². The summed E-state index contributed by atoms with van der Waals surface area (Å²) in [7, 11) is 0. The molecule has 0 aliphatic carbocycles. The Kier molecular flexibility index (Phi) is 2.24. The zero-order chi connectivity index (χ0) is 6.69. The number of carbonyl (C=O) groups excluding carboxylic acids is 1. The lowest BCUT2D eigenvalue weighted by molar-refractivity contribution is 0.108. The normalized spacial score (nSPS) is 9.44. The number of hydrogen-bond donors (Lipinski definition) is 0. The summed E-state index contributed by atoms with van der Waals surface area (Å²) in [6.07, 6.45) is 3.39. The van der Waals surface area contributed by atoms with Crippen LogP contribution in [0.5, 0.6) is 0 Å². The van der Waals surface area contributed by atoms with Gasteiger partial charge in [0.2, 0.25) is 5.12 Å². The van der Waals surface area contributed by atoms with Gasteiger partial charge in [0.25, 0.3) is 0 Å². The Morgan fingerprint density at radius 2 is 2.67 bits per heavy atom. The van der Waals surface area contributed by atoms with E-state index in [4.69, 9.17) is 0 Å². The number of rotatable bonds is 1. The Labute approximate surface area is 61.3 Å². The van der Waals surface area contributed by atoms with Gasteiger partial charge in [-0.25, -0.2) is 4.98 Å². The summed E-state index contributed by atoms with van der Waals surface area (Å²) in [6.45, 7) is 0. The maximum atomic E-state index is 10.8. The zero-order valence-corrected chi connectivity index (χ0v) is 6.46. The molecule has 48 valence electrons. The molecule has 1 aromatic heterocycles. The highest BCUT2D eigenvalue weighted by Crippen LogP contribution is 2.10. The Morgan fingerprint density at radius 1 is 1.89 bits per heavy atom. The van der Waals surface area contributed by atoms with Crippen molar-refractivity contribution < 1.29 is 4.79 Å². The molecule has 1 heterocycles. The van der Waals surface area contributed by atoms with Crippen molar-refractivity contribution in [3.05, 3.63) is 16.6 Å². The fourth-order valence-corrected chi connectivity index (χ4v) is 1.50. The maximum absolute atomic E-state index is 10.8. The van der Waals surface area contributed by atoms with E-state index in [2.05, 4.69) is 4.98 Å². The van der Waals surface area contributed by atoms with Gasteiger partial charge in [-0.1, -0.05) is 11.8 Å². The van der Waals surface area contributed by atoms with Gasteiger partial charge in [-0.2, -0.15) is 0 Å². The molecule has 0 spiro atoms. The fraction of sp³-hybridized carbons (Fsp3) is 0.200. The zero-order valence-electron chi connectivity index (χ0n) is 4.83. The minimum atomic E-state index is 0.0463. The van der Waals surface area contributed by atoms with Crippen LogP contribution in [0, 0.1) is 0 Å². The van der Waals surface area contributed by atoms with Gasteiger partial charge in [-0.3, -0.25) is 4.79 Å². The van der Waals surface area contributed by atoms with Gasteiger partial charge >= 0.3 is 0 Å². The van der Waals surface area contributed by atoms with E-state index in [0.717, 1.165) is 0 Å². The van der Waals surface area contributed by atoms with Gasteiger partial charge in [0, 0.05) is 11.6 Å². The van der Waals surface area contributed by atoms with Crippen molar-refractivity contribution in [3.8, 4) is 0 Å². The molecule has 9 heavy (non-hydrogen) atoms. The number of carbonyl (C=O) groups is 1. The first-order chi connectivity index (χ1) is 4.34. The first-order valence-electron chi connectivity index (χ1n) is 2.32. The molecular weight excluding hydrogens is 154 g/mol. The van der Waals surface area contributed by atoms with Crippen LogP contribution in [0.25, 0.3) is 0 Å². The van der Waals surface area contributed by atoms with E-state index in [1.807, 2.05) is 0 Å². The van der Waals surface area contributed by atoms with Gasteiger partial charge in [-0.05, 0) is 6.26 Å². The third kappa shape index (κ3) is 1.53. The summed E-state index contributed by atoms with van der Waals surface area (Å²) >= 11 is 2.57. The average molecular weight is 159 g/mol. The lowest BCUT2D eigenvalue weighted by atomic mass is 10.8. The highest BCUT2D eigenvalue weighted by molar-refractivity contribution is 8.13. The average Bonchev–Trinajstić information content (AvgIpc) is 2.37. The van der Waals surface area contributed by atoms with E-state index >= 15 is 0 Å². The summed E-state index contributed by atoms with van der Waals surface area (Å²) in [5, 5.41) is 2.43. The Morgan fingerprint density at radius 3 is 3.11 bits per heavy atom. The molecule has 1 rings (SSSR count).